The molecule has 1 aromatic carbocycles. The molecule has 4 nitrogen and oxygen atoms in total. The molecule has 4 heteroatoms. The maximum absolute atomic E-state index is 5.34. The van der Waals surface area contributed by atoms with Crippen LogP contribution < -0.4 is 20.1 Å². The summed E-state index contributed by atoms with van der Waals surface area (Å²) < 4.78 is 10.7. The summed E-state index contributed by atoms with van der Waals surface area (Å²) in [5.41, 5.74) is 1.06. The molecule has 0 spiro atoms. The minimum Gasteiger partial charge on any atom is -0.496 e. The Bertz CT molecular complexity index is 320. The molecular formula is C13H22N2O2. The van der Waals surface area contributed by atoms with E-state index in [1.807, 2.05) is 25.2 Å². The van der Waals surface area contributed by atoms with E-state index in [-0.39, 0.29) is 0 Å². The molecule has 0 radical (unpaired) electrons. The Balaban J connectivity index is 2.74. The lowest BCUT2D eigenvalue weighted by molar-refractivity contribution is 0.379. The van der Waals surface area contributed by atoms with Crippen LogP contribution in [0.4, 0.5) is 0 Å². The largest absolute Gasteiger partial charge is 0.496 e. The highest BCUT2D eigenvalue weighted by Crippen LogP contribution is 2.27. The van der Waals surface area contributed by atoms with Crippen LogP contribution in [0.2, 0.25) is 0 Å². The molecule has 2 N–H and O–H groups in total. The van der Waals surface area contributed by atoms with E-state index < -0.39 is 0 Å². The fourth-order valence-corrected chi connectivity index (χ4v) is 1.76. The SMILES string of the molecule is CNCC(C)NCc1c(OC)cccc1OC. The maximum atomic E-state index is 5.34. The molecular weight excluding hydrogens is 216 g/mol. The van der Waals surface area contributed by atoms with Gasteiger partial charge in [0.1, 0.15) is 11.5 Å². The first kappa shape index (κ1) is 13.8. The van der Waals surface area contributed by atoms with Crippen LogP contribution in [0.15, 0.2) is 18.2 Å². The number of ether oxygens (including phenoxy) is 2. The van der Waals surface area contributed by atoms with Gasteiger partial charge in [-0.15, -0.1) is 0 Å². The van der Waals surface area contributed by atoms with Crippen molar-refractivity contribution in [1.82, 2.24) is 10.6 Å². The molecule has 0 saturated carbocycles. The van der Waals surface area contributed by atoms with E-state index >= 15 is 0 Å². The summed E-state index contributed by atoms with van der Waals surface area (Å²) in [7, 11) is 5.30. The van der Waals surface area contributed by atoms with Crippen LogP contribution in [0.3, 0.4) is 0 Å². The van der Waals surface area contributed by atoms with Crippen LogP contribution in [-0.2, 0) is 6.54 Å². The van der Waals surface area contributed by atoms with Crippen LogP contribution in [0.5, 0.6) is 11.5 Å². The Morgan fingerprint density at radius 3 is 2.24 bits per heavy atom. The van der Waals surface area contributed by atoms with Crippen molar-refractivity contribution in [2.24, 2.45) is 0 Å². The summed E-state index contributed by atoms with van der Waals surface area (Å²) in [4.78, 5) is 0. The van der Waals surface area contributed by atoms with Crippen molar-refractivity contribution < 1.29 is 9.47 Å². The molecule has 1 atom stereocenters. The Labute approximate surface area is 103 Å². The van der Waals surface area contributed by atoms with Crippen molar-refractivity contribution in [2.75, 3.05) is 27.8 Å². The number of likely N-dealkylation sites (N-methyl/N-ethyl adjacent to an activating group) is 1. The molecule has 0 amide bonds. The second-order valence-corrected chi connectivity index (χ2v) is 3.98. The summed E-state index contributed by atoms with van der Waals surface area (Å²) in [5.74, 6) is 1.71. The molecule has 0 fully saturated rings. The zero-order valence-corrected chi connectivity index (χ0v) is 11.0. The van der Waals surface area contributed by atoms with Gasteiger partial charge in [-0.2, -0.15) is 0 Å². The summed E-state index contributed by atoms with van der Waals surface area (Å²) in [6.45, 7) is 3.80. The van der Waals surface area contributed by atoms with Gasteiger partial charge in [-0.3, -0.25) is 0 Å². The molecule has 1 rings (SSSR count). The molecule has 1 unspecified atom stereocenters. The molecule has 0 aliphatic heterocycles. The third kappa shape index (κ3) is 3.91. The van der Waals surface area contributed by atoms with E-state index in [0.29, 0.717) is 6.04 Å². The zero-order valence-electron chi connectivity index (χ0n) is 11.0. The number of benzene rings is 1. The van der Waals surface area contributed by atoms with Crippen molar-refractivity contribution in [3.05, 3.63) is 23.8 Å². The van der Waals surface area contributed by atoms with Crippen LogP contribution in [0.25, 0.3) is 0 Å². The summed E-state index contributed by atoms with van der Waals surface area (Å²) in [5, 5.41) is 6.56. The lowest BCUT2D eigenvalue weighted by Gasteiger charge is -2.17. The highest BCUT2D eigenvalue weighted by Gasteiger charge is 2.10. The monoisotopic (exact) mass is 238 g/mol. The topological polar surface area (TPSA) is 42.5 Å². The number of nitrogens with one attached hydrogen (secondary N) is 2. The molecule has 0 aromatic heterocycles. The first-order valence-electron chi connectivity index (χ1n) is 5.80. The van der Waals surface area contributed by atoms with E-state index in [1.54, 1.807) is 14.2 Å². The van der Waals surface area contributed by atoms with Crippen molar-refractivity contribution in [3.63, 3.8) is 0 Å². The van der Waals surface area contributed by atoms with E-state index in [1.165, 1.54) is 0 Å². The number of hydrogen-bond acceptors (Lipinski definition) is 4. The van der Waals surface area contributed by atoms with E-state index in [4.69, 9.17) is 9.47 Å². The Morgan fingerprint density at radius 1 is 1.18 bits per heavy atom. The van der Waals surface area contributed by atoms with Gasteiger partial charge in [-0.05, 0) is 26.1 Å². The van der Waals surface area contributed by atoms with E-state index in [9.17, 15) is 0 Å². The van der Waals surface area contributed by atoms with Crippen LogP contribution in [0, 0.1) is 0 Å². The van der Waals surface area contributed by atoms with Gasteiger partial charge < -0.3 is 20.1 Å². The van der Waals surface area contributed by atoms with Gasteiger partial charge in [0, 0.05) is 24.7 Å². The Kier molecular flexibility index (Phi) is 5.80. The third-order valence-electron chi connectivity index (χ3n) is 2.67. The third-order valence-corrected chi connectivity index (χ3v) is 2.67. The predicted molar refractivity (Wildman–Crippen MR) is 69.8 cm³/mol. The van der Waals surface area contributed by atoms with Crippen LogP contribution in [-0.4, -0.2) is 33.9 Å². The van der Waals surface area contributed by atoms with Gasteiger partial charge in [0.25, 0.3) is 0 Å². The molecule has 0 bridgehead atoms. The van der Waals surface area contributed by atoms with Gasteiger partial charge in [0.2, 0.25) is 0 Å². The summed E-state index contributed by atoms with van der Waals surface area (Å²) in [6.07, 6.45) is 0. The lowest BCUT2D eigenvalue weighted by atomic mass is 10.1. The molecule has 17 heavy (non-hydrogen) atoms. The first-order chi connectivity index (χ1) is 8.22. The molecule has 0 aliphatic carbocycles. The van der Waals surface area contributed by atoms with Crippen LogP contribution >= 0.6 is 0 Å². The summed E-state index contributed by atoms with van der Waals surface area (Å²) in [6, 6.07) is 6.22. The second kappa shape index (κ2) is 7.14. The fraction of sp³-hybridized carbons (Fsp3) is 0.538. The average Bonchev–Trinajstić information content (AvgIpc) is 2.36. The Morgan fingerprint density at radius 2 is 1.76 bits per heavy atom. The first-order valence-corrected chi connectivity index (χ1v) is 5.80. The second-order valence-electron chi connectivity index (χ2n) is 3.98. The summed E-state index contributed by atoms with van der Waals surface area (Å²) >= 11 is 0. The van der Waals surface area contributed by atoms with Gasteiger partial charge >= 0.3 is 0 Å². The zero-order chi connectivity index (χ0) is 12.7. The average molecular weight is 238 g/mol. The maximum Gasteiger partial charge on any atom is 0.127 e. The van der Waals surface area contributed by atoms with Crippen LogP contribution in [0.1, 0.15) is 12.5 Å². The molecule has 96 valence electrons. The standard InChI is InChI=1S/C13H22N2O2/c1-10(8-14-2)15-9-11-12(16-3)6-5-7-13(11)17-4/h5-7,10,14-15H,8-9H2,1-4H3. The van der Waals surface area contributed by atoms with Gasteiger partial charge in [-0.25, -0.2) is 0 Å². The number of methoxy groups -OCH3 is 2. The highest BCUT2D eigenvalue weighted by molar-refractivity contribution is 5.44. The normalized spacial score (nSPS) is 12.2. The lowest BCUT2D eigenvalue weighted by Crippen LogP contribution is -2.34. The smallest absolute Gasteiger partial charge is 0.127 e. The Hall–Kier alpha value is -1.26. The number of rotatable bonds is 7. The van der Waals surface area contributed by atoms with E-state index in [2.05, 4.69) is 17.6 Å². The molecule has 0 heterocycles. The minimum atomic E-state index is 0.398. The number of hydrogen-bond donors (Lipinski definition) is 2. The highest BCUT2D eigenvalue weighted by atomic mass is 16.5. The van der Waals surface area contributed by atoms with Gasteiger partial charge in [-0.1, -0.05) is 6.07 Å². The van der Waals surface area contributed by atoms with Gasteiger partial charge in [0.15, 0.2) is 0 Å². The van der Waals surface area contributed by atoms with Crippen molar-refractivity contribution in [1.29, 1.82) is 0 Å². The molecule has 0 saturated heterocycles. The predicted octanol–water partition coefficient (Wildman–Crippen LogP) is 1.40. The quantitative estimate of drug-likeness (QED) is 0.753. The minimum absolute atomic E-state index is 0.398. The van der Waals surface area contributed by atoms with Crippen molar-refractivity contribution >= 4 is 0 Å². The molecule has 1 aromatic rings. The van der Waals surface area contributed by atoms with Crippen molar-refractivity contribution in [2.45, 2.75) is 19.5 Å². The van der Waals surface area contributed by atoms with Crippen molar-refractivity contribution in [3.8, 4) is 11.5 Å². The fourth-order valence-electron chi connectivity index (χ4n) is 1.76. The molecule has 0 aliphatic rings. The van der Waals surface area contributed by atoms with E-state index in [0.717, 1.165) is 30.2 Å². The van der Waals surface area contributed by atoms with Gasteiger partial charge in [0.05, 0.1) is 14.2 Å².